The molecule has 2 aromatic rings. The van der Waals surface area contributed by atoms with Crippen molar-refractivity contribution in [2.75, 3.05) is 12.4 Å². The first-order chi connectivity index (χ1) is 11.2. The molecule has 4 N–H and O–H groups in total. The van der Waals surface area contributed by atoms with Crippen LogP contribution in [0.3, 0.4) is 0 Å². The van der Waals surface area contributed by atoms with E-state index in [1.54, 1.807) is 7.11 Å². The van der Waals surface area contributed by atoms with Crippen LogP contribution in [0.5, 0.6) is 5.75 Å². The zero-order valence-corrected chi connectivity index (χ0v) is 13.3. The zero-order chi connectivity index (χ0) is 16.2. The Morgan fingerprint density at radius 1 is 1.39 bits per heavy atom. The second-order valence-corrected chi connectivity index (χ2v) is 5.87. The summed E-state index contributed by atoms with van der Waals surface area (Å²) in [5.74, 6) is 1.61. The van der Waals surface area contributed by atoms with Gasteiger partial charge in [0, 0.05) is 30.6 Å². The first-order valence-electron chi connectivity index (χ1n) is 7.85. The molecular formula is C18H22N4O. The number of pyridine rings is 1. The van der Waals surface area contributed by atoms with Crippen LogP contribution in [-0.2, 0) is 19.4 Å². The Hall–Kier alpha value is -2.40. The van der Waals surface area contributed by atoms with Gasteiger partial charge in [0.05, 0.1) is 7.11 Å². The predicted molar refractivity (Wildman–Crippen MR) is 92.4 cm³/mol. The lowest BCUT2D eigenvalue weighted by atomic mass is 9.87. The topological polar surface area (TPSA) is 84.0 Å². The summed E-state index contributed by atoms with van der Waals surface area (Å²) >= 11 is 0. The first kappa shape index (κ1) is 15.5. The fourth-order valence-electron chi connectivity index (χ4n) is 3.02. The van der Waals surface area contributed by atoms with Crippen molar-refractivity contribution in [2.45, 2.75) is 31.8 Å². The molecule has 1 unspecified atom stereocenters. The largest absolute Gasteiger partial charge is 0.497 e. The molecule has 1 aromatic carbocycles. The summed E-state index contributed by atoms with van der Waals surface area (Å²) in [6, 6.07) is 8.13. The molecule has 120 valence electrons. The van der Waals surface area contributed by atoms with Crippen LogP contribution in [-0.4, -0.2) is 24.4 Å². The summed E-state index contributed by atoms with van der Waals surface area (Å²) < 4.78 is 5.17. The van der Waals surface area contributed by atoms with Crippen molar-refractivity contribution in [3.05, 3.63) is 52.7 Å². The molecule has 3 rings (SSSR count). The minimum atomic E-state index is 0.209. The molecule has 1 aliphatic carbocycles. The van der Waals surface area contributed by atoms with Gasteiger partial charge in [0.25, 0.3) is 0 Å². The van der Waals surface area contributed by atoms with E-state index in [1.165, 1.54) is 17.3 Å². The lowest BCUT2D eigenvalue weighted by Crippen LogP contribution is -2.29. The summed E-state index contributed by atoms with van der Waals surface area (Å²) in [6.07, 6.45) is 6.04. The van der Waals surface area contributed by atoms with Crippen LogP contribution in [0, 0.1) is 5.41 Å². The molecule has 0 radical (unpaired) electrons. The summed E-state index contributed by atoms with van der Waals surface area (Å²) in [5, 5.41) is 11.1. The first-order valence-corrected chi connectivity index (χ1v) is 7.85. The summed E-state index contributed by atoms with van der Waals surface area (Å²) in [5.41, 5.74) is 10.5. The van der Waals surface area contributed by atoms with Gasteiger partial charge in [-0.2, -0.15) is 0 Å². The average Bonchev–Trinajstić information content (AvgIpc) is 2.59. The van der Waals surface area contributed by atoms with Crippen LogP contribution in [0.4, 0.5) is 5.82 Å². The Labute approximate surface area is 136 Å². The number of benzene rings is 1. The number of nitrogens with two attached hydrogens (primary N) is 1. The van der Waals surface area contributed by atoms with Gasteiger partial charge < -0.3 is 21.2 Å². The molecule has 0 fully saturated rings. The molecule has 1 aromatic heterocycles. The minimum Gasteiger partial charge on any atom is -0.497 e. The van der Waals surface area contributed by atoms with E-state index in [-0.39, 0.29) is 6.04 Å². The Kier molecular flexibility index (Phi) is 4.57. The number of methoxy groups -OCH3 is 1. The molecule has 23 heavy (non-hydrogen) atoms. The molecule has 5 heteroatoms. The van der Waals surface area contributed by atoms with Crippen LogP contribution in [0.2, 0.25) is 0 Å². The molecule has 1 heterocycles. The van der Waals surface area contributed by atoms with Gasteiger partial charge in [-0.25, -0.2) is 4.98 Å². The van der Waals surface area contributed by atoms with E-state index in [2.05, 4.69) is 10.3 Å². The number of nitrogens with one attached hydrogen (secondary N) is 2. The monoisotopic (exact) mass is 310 g/mol. The molecule has 1 aliphatic rings. The maximum Gasteiger partial charge on any atom is 0.135 e. The lowest BCUT2D eigenvalue weighted by Gasteiger charge is -2.24. The summed E-state index contributed by atoms with van der Waals surface area (Å²) in [6.45, 7) is 0.663. The van der Waals surface area contributed by atoms with Crippen LogP contribution in [0.1, 0.15) is 28.7 Å². The number of aromatic nitrogens is 1. The van der Waals surface area contributed by atoms with Gasteiger partial charge in [-0.3, -0.25) is 0 Å². The Bertz CT molecular complexity index is 697. The van der Waals surface area contributed by atoms with Crippen LogP contribution >= 0.6 is 0 Å². The highest BCUT2D eigenvalue weighted by Crippen LogP contribution is 2.27. The lowest BCUT2D eigenvalue weighted by molar-refractivity contribution is 0.414. The van der Waals surface area contributed by atoms with Crippen molar-refractivity contribution in [3.63, 3.8) is 0 Å². The van der Waals surface area contributed by atoms with Crippen LogP contribution in [0.25, 0.3) is 0 Å². The third-order valence-corrected chi connectivity index (χ3v) is 4.33. The Morgan fingerprint density at radius 3 is 2.87 bits per heavy atom. The quantitative estimate of drug-likeness (QED) is 0.741. The molecule has 0 amide bonds. The van der Waals surface area contributed by atoms with E-state index in [0.29, 0.717) is 6.54 Å². The van der Waals surface area contributed by atoms with Crippen molar-refractivity contribution < 1.29 is 4.74 Å². The second-order valence-electron chi connectivity index (χ2n) is 5.87. The number of anilines is 1. The van der Waals surface area contributed by atoms with Crippen molar-refractivity contribution in [1.82, 2.24) is 4.98 Å². The van der Waals surface area contributed by atoms with Gasteiger partial charge >= 0.3 is 0 Å². The Balaban J connectivity index is 1.78. The average molecular weight is 310 g/mol. The van der Waals surface area contributed by atoms with Gasteiger partial charge in [0.1, 0.15) is 11.6 Å². The standard InChI is InChI=1S/C18H22N4O/c1-23-15-5-2-12(3-6-15)10-21-18-17(9-19)16-7-4-14(20)8-13(16)11-22-18/h2-3,5-6,9,11,14,19H,4,7-8,10,20H2,1H3,(H,21,22). The molecule has 0 spiro atoms. The van der Waals surface area contributed by atoms with Crippen LogP contribution in [0.15, 0.2) is 30.5 Å². The highest BCUT2D eigenvalue weighted by molar-refractivity contribution is 5.87. The molecule has 0 saturated carbocycles. The highest BCUT2D eigenvalue weighted by atomic mass is 16.5. The van der Waals surface area contributed by atoms with Crippen molar-refractivity contribution in [2.24, 2.45) is 5.73 Å². The van der Waals surface area contributed by atoms with E-state index >= 15 is 0 Å². The van der Waals surface area contributed by atoms with E-state index in [9.17, 15) is 0 Å². The number of rotatable bonds is 5. The van der Waals surface area contributed by atoms with E-state index in [0.717, 1.165) is 42.0 Å². The number of fused-ring (bicyclic) bond motifs is 1. The molecule has 5 nitrogen and oxygen atoms in total. The van der Waals surface area contributed by atoms with Gasteiger partial charge in [-0.1, -0.05) is 12.1 Å². The number of hydrogen-bond acceptors (Lipinski definition) is 5. The van der Waals surface area contributed by atoms with Crippen molar-refractivity contribution >= 4 is 12.0 Å². The molecule has 0 aliphatic heterocycles. The van der Waals surface area contributed by atoms with Crippen molar-refractivity contribution in [1.29, 1.82) is 5.41 Å². The summed E-state index contributed by atoms with van der Waals surface area (Å²) in [4.78, 5) is 4.50. The van der Waals surface area contributed by atoms with E-state index < -0.39 is 0 Å². The molecule has 0 saturated heterocycles. The maximum atomic E-state index is 7.76. The van der Waals surface area contributed by atoms with Gasteiger partial charge in [0.2, 0.25) is 0 Å². The smallest absolute Gasteiger partial charge is 0.135 e. The second kappa shape index (κ2) is 6.79. The SMILES string of the molecule is COc1ccc(CNc2ncc3c(c2C=N)CCC(N)C3)cc1. The third kappa shape index (κ3) is 3.35. The maximum absolute atomic E-state index is 7.76. The Morgan fingerprint density at radius 2 is 2.17 bits per heavy atom. The van der Waals surface area contributed by atoms with Crippen LogP contribution < -0.4 is 15.8 Å². The fraction of sp³-hybridized carbons (Fsp3) is 0.333. The zero-order valence-electron chi connectivity index (χ0n) is 13.3. The van der Waals surface area contributed by atoms with E-state index in [4.69, 9.17) is 15.9 Å². The molecular weight excluding hydrogens is 288 g/mol. The normalized spacial score (nSPS) is 16.5. The number of hydrogen-bond donors (Lipinski definition) is 3. The summed E-state index contributed by atoms with van der Waals surface area (Å²) in [7, 11) is 1.66. The van der Waals surface area contributed by atoms with E-state index in [1.807, 2.05) is 30.5 Å². The van der Waals surface area contributed by atoms with Gasteiger partial charge in [-0.15, -0.1) is 0 Å². The molecule has 1 atom stereocenters. The fourth-order valence-corrected chi connectivity index (χ4v) is 3.02. The number of ether oxygens (including phenoxy) is 1. The third-order valence-electron chi connectivity index (χ3n) is 4.33. The predicted octanol–water partition coefficient (Wildman–Crippen LogP) is 2.52. The minimum absolute atomic E-state index is 0.209. The van der Waals surface area contributed by atoms with Gasteiger partial charge in [0.15, 0.2) is 0 Å². The van der Waals surface area contributed by atoms with Gasteiger partial charge in [-0.05, 0) is 48.1 Å². The number of nitrogens with zero attached hydrogens (tertiary/aromatic N) is 1. The molecule has 0 bridgehead atoms. The highest BCUT2D eigenvalue weighted by Gasteiger charge is 2.20. The van der Waals surface area contributed by atoms with Crippen molar-refractivity contribution in [3.8, 4) is 5.75 Å².